The van der Waals surface area contributed by atoms with Crippen molar-refractivity contribution in [2.45, 2.75) is 37.6 Å². The van der Waals surface area contributed by atoms with Crippen LogP contribution in [0.3, 0.4) is 0 Å². The highest BCUT2D eigenvalue weighted by Gasteiger charge is 2.27. The van der Waals surface area contributed by atoms with E-state index in [4.69, 9.17) is 0 Å². The van der Waals surface area contributed by atoms with Gasteiger partial charge in [0.2, 0.25) is 0 Å². The van der Waals surface area contributed by atoms with Gasteiger partial charge in [-0.1, -0.05) is 26.0 Å². The Bertz CT molecular complexity index is 577. The fraction of sp³-hybridized carbons (Fsp3) is 0.500. The largest absolute Gasteiger partial charge is 0.394 e. The van der Waals surface area contributed by atoms with Gasteiger partial charge in [-0.15, -0.1) is 0 Å². The molecule has 20 heavy (non-hydrogen) atoms. The lowest BCUT2D eigenvalue weighted by Crippen LogP contribution is -2.48. The zero-order valence-electron chi connectivity index (χ0n) is 12.0. The second-order valence-corrected chi connectivity index (χ2v) is 7.17. The Kier molecular flexibility index (Phi) is 5.30. The van der Waals surface area contributed by atoms with Gasteiger partial charge in [0.05, 0.1) is 28.4 Å². The van der Waals surface area contributed by atoms with Gasteiger partial charge in [0.15, 0.2) is 9.84 Å². The van der Waals surface area contributed by atoms with Crippen molar-refractivity contribution in [1.29, 1.82) is 0 Å². The first kappa shape index (κ1) is 16.7. The van der Waals surface area contributed by atoms with Gasteiger partial charge in [0.25, 0.3) is 5.91 Å². The first-order valence-electron chi connectivity index (χ1n) is 6.55. The summed E-state index contributed by atoms with van der Waals surface area (Å²) in [6.07, 6.45) is 0.540. The Labute approximate surface area is 119 Å². The summed E-state index contributed by atoms with van der Waals surface area (Å²) in [6, 6.07) is 6.11. The van der Waals surface area contributed by atoms with Gasteiger partial charge in [-0.05, 0) is 25.5 Å². The highest BCUT2D eigenvalue weighted by molar-refractivity contribution is 7.91. The van der Waals surface area contributed by atoms with Crippen LogP contribution in [0.2, 0.25) is 0 Å². The standard InChI is InChI=1S/C14H21NO4S/c1-4-14(3,10-16)15-13(17)11-8-6-7-9-12(11)20(18,19)5-2/h6-9,16H,4-5,10H2,1-3H3,(H,15,17). The number of aliphatic hydroxyl groups is 1. The molecule has 0 aliphatic heterocycles. The third kappa shape index (κ3) is 3.58. The Morgan fingerprint density at radius 2 is 1.90 bits per heavy atom. The second kappa shape index (κ2) is 6.37. The van der Waals surface area contributed by atoms with E-state index >= 15 is 0 Å². The number of carbonyl (C=O) groups is 1. The van der Waals surface area contributed by atoms with E-state index in [1.807, 2.05) is 6.92 Å². The molecule has 0 spiro atoms. The fourth-order valence-electron chi connectivity index (χ4n) is 1.66. The van der Waals surface area contributed by atoms with Crippen LogP contribution in [0.25, 0.3) is 0 Å². The monoisotopic (exact) mass is 299 g/mol. The van der Waals surface area contributed by atoms with Gasteiger partial charge in [-0.25, -0.2) is 8.42 Å². The number of aliphatic hydroxyl groups excluding tert-OH is 1. The van der Waals surface area contributed by atoms with Crippen molar-refractivity contribution in [1.82, 2.24) is 5.32 Å². The van der Waals surface area contributed by atoms with Gasteiger partial charge in [-0.2, -0.15) is 0 Å². The van der Waals surface area contributed by atoms with Crippen molar-refractivity contribution in [2.24, 2.45) is 0 Å². The SMILES string of the molecule is CCC(C)(CO)NC(=O)c1ccccc1S(=O)(=O)CC. The molecule has 2 N–H and O–H groups in total. The average molecular weight is 299 g/mol. The molecule has 1 aromatic carbocycles. The summed E-state index contributed by atoms with van der Waals surface area (Å²) in [5.41, 5.74) is -0.650. The minimum atomic E-state index is -3.47. The summed E-state index contributed by atoms with van der Waals surface area (Å²) >= 11 is 0. The van der Waals surface area contributed by atoms with E-state index in [0.717, 1.165) is 0 Å². The average Bonchev–Trinajstić information content (AvgIpc) is 2.47. The van der Waals surface area contributed by atoms with Gasteiger partial charge >= 0.3 is 0 Å². The van der Waals surface area contributed by atoms with E-state index < -0.39 is 21.3 Å². The minimum absolute atomic E-state index is 0.0244. The highest BCUT2D eigenvalue weighted by Crippen LogP contribution is 2.18. The molecule has 0 saturated heterocycles. The summed E-state index contributed by atoms with van der Waals surface area (Å²) in [5, 5.41) is 12.0. The van der Waals surface area contributed by atoms with Crippen molar-refractivity contribution < 1.29 is 18.3 Å². The number of nitrogens with one attached hydrogen (secondary N) is 1. The lowest BCUT2D eigenvalue weighted by molar-refractivity contribution is 0.0844. The van der Waals surface area contributed by atoms with Crippen molar-refractivity contribution in [3.05, 3.63) is 29.8 Å². The third-order valence-corrected chi connectivity index (χ3v) is 5.18. The van der Waals surface area contributed by atoms with Crippen LogP contribution in [0.4, 0.5) is 0 Å². The lowest BCUT2D eigenvalue weighted by atomic mass is 9.99. The molecule has 1 amide bonds. The summed E-state index contributed by atoms with van der Waals surface area (Å²) in [4.78, 5) is 12.3. The molecule has 5 nitrogen and oxygen atoms in total. The van der Waals surface area contributed by atoms with Crippen LogP contribution in [-0.4, -0.2) is 37.3 Å². The number of amides is 1. The van der Waals surface area contributed by atoms with Gasteiger partial charge in [-0.3, -0.25) is 4.79 Å². The van der Waals surface area contributed by atoms with Crippen LogP contribution >= 0.6 is 0 Å². The quantitative estimate of drug-likeness (QED) is 0.831. The van der Waals surface area contributed by atoms with Crippen LogP contribution in [0.15, 0.2) is 29.2 Å². The molecule has 0 aliphatic rings. The maximum atomic E-state index is 12.3. The Balaban J connectivity index is 3.19. The first-order chi connectivity index (χ1) is 9.29. The molecule has 1 rings (SSSR count). The maximum absolute atomic E-state index is 12.3. The minimum Gasteiger partial charge on any atom is -0.394 e. The van der Waals surface area contributed by atoms with Crippen LogP contribution in [0.1, 0.15) is 37.6 Å². The van der Waals surface area contributed by atoms with Gasteiger partial charge in [0.1, 0.15) is 0 Å². The first-order valence-corrected chi connectivity index (χ1v) is 8.20. The topological polar surface area (TPSA) is 83.5 Å². The fourth-order valence-corrected chi connectivity index (χ4v) is 2.75. The summed E-state index contributed by atoms with van der Waals surface area (Å²) in [7, 11) is -3.47. The number of rotatable bonds is 6. The molecule has 1 atom stereocenters. The van der Waals surface area contributed by atoms with Crippen molar-refractivity contribution in [3.8, 4) is 0 Å². The predicted molar refractivity (Wildman–Crippen MR) is 77.4 cm³/mol. The van der Waals surface area contributed by atoms with Crippen LogP contribution in [-0.2, 0) is 9.84 Å². The van der Waals surface area contributed by atoms with Gasteiger partial charge in [0, 0.05) is 0 Å². The third-order valence-electron chi connectivity index (χ3n) is 3.39. The molecule has 0 saturated carbocycles. The predicted octanol–water partition coefficient (Wildman–Crippen LogP) is 1.37. The lowest BCUT2D eigenvalue weighted by Gasteiger charge is -2.27. The van der Waals surface area contributed by atoms with E-state index in [1.54, 1.807) is 19.1 Å². The van der Waals surface area contributed by atoms with Crippen molar-refractivity contribution in [3.63, 3.8) is 0 Å². The molecule has 6 heteroatoms. The number of hydrogen-bond donors (Lipinski definition) is 2. The number of benzene rings is 1. The molecule has 0 bridgehead atoms. The number of sulfone groups is 1. The Hall–Kier alpha value is -1.40. The smallest absolute Gasteiger partial charge is 0.253 e. The van der Waals surface area contributed by atoms with E-state index in [2.05, 4.69) is 5.32 Å². The molecule has 0 fully saturated rings. The summed E-state index contributed by atoms with van der Waals surface area (Å²) < 4.78 is 24.0. The van der Waals surface area contributed by atoms with E-state index in [-0.39, 0.29) is 22.8 Å². The molecular weight excluding hydrogens is 278 g/mol. The van der Waals surface area contributed by atoms with Crippen LogP contribution in [0, 0.1) is 0 Å². The highest BCUT2D eigenvalue weighted by atomic mass is 32.2. The number of carbonyl (C=O) groups excluding carboxylic acids is 1. The van der Waals surface area contributed by atoms with Gasteiger partial charge < -0.3 is 10.4 Å². The normalized spacial score (nSPS) is 14.6. The molecule has 1 unspecified atom stereocenters. The second-order valence-electron chi connectivity index (χ2n) is 4.93. The van der Waals surface area contributed by atoms with Crippen LogP contribution in [0.5, 0.6) is 0 Å². The van der Waals surface area contributed by atoms with Crippen LogP contribution < -0.4 is 5.32 Å². The molecule has 112 valence electrons. The molecule has 0 aromatic heterocycles. The summed E-state index contributed by atoms with van der Waals surface area (Å²) in [5.74, 6) is -0.557. The van der Waals surface area contributed by atoms with E-state index in [0.29, 0.717) is 6.42 Å². The molecule has 0 radical (unpaired) electrons. The number of hydrogen-bond acceptors (Lipinski definition) is 4. The van der Waals surface area contributed by atoms with Crippen molar-refractivity contribution >= 4 is 15.7 Å². The Morgan fingerprint density at radius 3 is 2.40 bits per heavy atom. The zero-order valence-corrected chi connectivity index (χ0v) is 12.8. The molecule has 1 aromatic rings. The molecule has 0 heterocycles. The summed E-state index contributed by atoms with van der Waals surface area (Å²) in [6.45, 7) is 4.87. The van der Waals surface area contributed by atoms with Crippen molar-refractivity contribution in [2.75, 3.05) is 12.4 Å². The Morgan fingerprint density at radius 1 is 1.30 bits per heavy atom. The molecular formula is C14H21NO4S. The maximum Gasteiger partial charge on any atom is 0.253 e. The van der Waals surface area contributed by atoms with E-state index in [1.165, 1.54) is 19.1 Å². The van der Waals surface area contributed by atoms with E-state index in [9.17, 15) is 18.3 Å². The molecule has 0 aliphatic carbocycles. The zero-order chi connectivity index (χ0) is 15.4.